The van der Waals surface area contributed by atoms with Gasteiger partial charge in [0.15, 0.2) is 0 Å². The fourth-order valence-electron chi connectivity index (χ4n) is 3.80. The third-order valence-electron chi connectivity index (χ3n) is 5.67. The van der Waals surface area contributed by atoms with E-state index in [4.69, 9.17) is 0 Å². The van der Waals surface area contributed by atoms with Gasteiger partial charge >= 0.3 is 0 Å². The summed E-state index contributed by atoms with van der Waals surface area (Å²) in [7, 11) is 0. The molecule has 2 heteroatoms. The second kappa shape index (κ2) is 7.49. The molecule has 0 spiro atoms. The SMILES string of the molecule is C=C(C)C(CC1CCCCC1)NC(=C)C1(C)CCNCC1. The van der Waals surface area contributed by atoms with Crippen LogP contribution in [0.2, 0.25) is 0 Å². The maximum Gasteiger partial charge on any atom is 0.0468 e. The van der Waals surface area contributed by atoms with Crippen molar-refractivity contribution < 1.29 is 0 Å². The van der Waals surface area contributed by atoms with E-state index in [2.05, 4.69) is 37.6 Å². The molecule has 1 atom stereocenters. The summed E-state index contributed by atoms with van der Waals surface area (Å²) >= 11 is 0. The minimum absolute atomic E-state index is 0.242. The van der Waals surface area contributed by atoms with Gasteiger partial charge in [-0.2, -0.15) is 0 Å². The molecular weight excluding hydrogens is 256 g/mol. The monoisotopic (exact) mass is 290 g/mol. The molecule has 120 valence electrons. The van der Waals surface area contributed by atoms with Crippen LogP contribution in [0.15, 0.2) is 24.4 Å². The van der Waals surface area contributed by atoms with Crippen molar-refractivity contribution in [3.8, 4) is 0 Å². The minimum atomic E-state index is 0.242. The molecule has 0 aromatic carbocycles. The van der Waals surface area contributed by atoms with Gasteiger partial charge in [-0.1, -0.05) is 57.8 Å². The maximum absolute atomic E-state index is 4.39. The van der Waals surface area contributed by atoms with Gasteiger partial charge in [0.2, 0.25) is 0 Å². The molecule has 21 heavy (non-hydrogen) atoms. The van der Waals surface area contributed by atoms with E-state index in [-0.39, 0.29) is 5.41 Å². The molecule has 2 N–H and O–H groups in total. The van der Waals surface area contributed by atoms with Crippen molar-refractivity contribution in [1.29, 1.82) is 0 Å². The van der Waals surface area contributed by atoms with Crippen LogP contribution in [-0.4, -0.2) is 19.1 Å². The molecule has 2 nitrogen and oxygen atoms in total. The van der Waals surface area contributed by atoms with Crippen molar-refractivity contribution in [1.82, 2.24) is 10.6 Å². The first-order valence-corrected chi connectivity index (χ1v) is 8.83. The third kappa shape index (κ3) is 4.60. The van der Waals surface area contributed by atoms with Crippen LogP contribution >= 0.6 is 0 Å². The first-order valence-electron chi connectivity index (χ1n) is 8.83. The molecule has 1 saturated heterocycles. The number of rotatable bonds is 6. The molecule has 1 unspecified atom stereocenters. The summed E-state index contributed by atoms with van der Waals surface area (Å²) < 4.78 is 0. The number of hydrogen-bond acceptors (Lipinski definition) is 2. The fourth-order valence-corrected chi connectivity index (χ4v) is 3.80. The van der Waals surface area contributed by atoms with Crippen molar-refractivity contribution in [2.45, 2.75) is 71.3 Å². The van der Waals surface area contributed by atoms with E-state index >= 15 is 0 Å². The molecule has 0 aromatic rings. The average molecular weight is 290 g/mol. The van der Waals surface area contributed by atoms with Gasteiger partial charge in [0, 0.05) is 17.2 Å². The van der Waals surface area contributed by atoms with Crippen molar-refractivity contribution in [2.75, 3.05) is 13.1 Å². The van der Waals surface area contributed by atoms with Crippen LogP contribution in [0.4, 0.5) is 0 Å². The Bertz CT molecular complexity index is 360. The Hall–Kier alpha value is -0.760. The Balaban J connectivity index is 1.92. The summed E-state index contributed by atoms with van der Waals surface area (Å²) in [5, 5.41) is 7.20. The molecule has 0 amide bonds. The highest BCUT2D eigenvalue weighted by molar-refractivity contribution is 5.14. The Kier molecular flexibility index (Phi) is 5.92. The summed E-state index contributed by atoms with van der Waals surface area (Å²) in [5.41, 5.74) is 2.73. The summed E-state index contributed by atoms with van der Waals surface area (Å²) in [6.45, 7) is 15.4. The highest BCUT2D eigenvalue weighted by Gasteiger charge is 2.31. The van der Waals surface area contributed by atoms with E-state index in [0.29, 0.717) is 6.04 Å². The van der Waals surface area contributed by atoms with Crippen LogP contribution in [0.5, 0.6) is 0 Å². The van der Waals surface area contributed by atoms with Crippen LogP contribution in [0.3, 0.4) is 0 Å². The molecule has 0 aromatic heterocycles. The molecule has 2 rings (SSSR count). The fraction of sp³-hybridized carbons (Fsp3) is 0.789. The van der Waals surface area contributed by atoms with Gasteiger partial charge in [-0.25, -0.2) is 0 Å². The second-order valence-corrected chi connectivity index (χ2v) is 7.57. The lowest BCUT2D eigenvalue weighted by molar-refractivity contribution is 0.254. The molecule has 1 aliphatic carbocycles. The van der Waals surface area contributed by atoms with Crippen LogP contribution in [0.1, 0.15) is 65.2 Å². The second-order valence-electron chi connectivity index (χ2n) is 7.57. The summed E-state index contributed by atoms with van der Waals surface area (Å²) in [4.78, 5) is 0. The normalized spacial score (nSPS) is 24.3. The lowest BCUT2D eigenvalue weighted by Gasteiger charge is -2.39. The number of nitrogens with one attached hydrogen (secondary N) is 2. The van der Waals surface area contributed by atoms with Crippen molar-refractivity contribution in [3.63, 3.8) is 0 Å². The molecule has 1 heterocycles. The molecule has 0 radical (unpaired) electrons. The molecule has 1 aliphatic heterocycles. The quantitative estimate of drug-likeness (QED) is 0.709. The molecule has 2 aliphatic rings. The third-order valence-corrected chi connectivity index (χ3v) is 5.67. The van der Waals surface area contributed by atoms with Crippen LogP contribution in [0, 0.1) is 11.3 Å². The lowest BCUT2D eigenvalue weighted by atomic mass is 9.77. The molecule has 1 saturated carbocycles. The van der Waals surface area contributed by atoms with E-state index in [9.17, 15) is 0 Å². The lowest BCUT2D eigenvalue weighted by Crippen LogP contribution is -2.42. The van der Waals surface area contributed by atoms with E-state index in [1.54, 1.807) is 0 Å². The van der Waals surface area contributed by atoms with E-state index in [0.717, 1.165) is 19.0 Å². The predicted molar refractivity (Wildman–Crippen MR) is 92.3 cm³/mol. The van der Waals surface area contributed by atoms with Gasteiger partial charge in [0.05, 0.1) is 0 Å². The Morgan fingerprint density at radius 1 is 1.19 bits per heavy atom. The molecular formula is C19H34N2. The van der Waals surface area contributed by atoms with Crippen LogP contribution < -0.4 is 10.6 Å². The van der Waals surface area contributed by atoms with Crippen molar-refractivity contribution in [2.24, 2.45) is 11.3 Å². The van der Waals surface area contributed by atoms with Crippen molar-refractivity contribution in [3.05, 3.63) is 24.4 Å². The van der Waals surface area contributed by atoms with Gasteiger partial charge in [-0.3, -0.25) is 0 Å². The van der Waals surface area contributed by atoms with E-state index in [1.807, 2.05) is 0 Å². The van der Waals surface area contributed by atoms with Gasteiger partial charge in [-0.15, -0.1) is 0 Å². The highest BCUT2D eigenvalue weighted by atomic mass is 15.0. The van der Waals surface area contributed by atoms with Gasteiger partial charge in [-0.05, 0) is 45.2 Å². The Labute approximate surface area is 131 Å². The highest BCUT2D eigenvalue weighted by Crippen LogP contribution is 2.35. The van der Waals surface area contributed by atoms with Crippen molar-refractivity contribution >= 4 is 0 Å². The zero-order chi connectivity index (χ0) is 15.3. The molecule has 2 fully saturated rings. The Morgan fingerprint density at radius 2 is 1.81 bits per heavy atom. The first kappa shape index (κ1) is 16.6. The van der Waals surface area contributed by atoms with Gasteiger partial charge in [0.1, 0.15) is 0 Å². The standard InChI is InChI=1S/C19H34N2/c1-15(2)18(14-17-8-6-5-7-9-17)21-16(3)19(4)10-12-20-13-11-19/h17-18,20-21H,1,3,5-14H2,2,4H3. The predicted octanol–water partition coefficient (Wildman–Crippen LogP) is 4.39. The maximum atomic E-state index is 4.39. The Morgan fingerprint density at radius 3 is 2.38 bits per heavy atom. The van der Waals surface area contributed by atoms with Crippen LogP contribution in [0.25, 0.3) is 0 Å². The number of hydrogen-bond donors (Lipinski definition) is 2. The summed E-state index contributed by atoms with van der Waals surface area (Å²) in [6, 6.07) is 0.410. The van der Waals surface area contributed by atoms with E-state index in [1.165, 1.54) is 62.6 Å². The first-order chi connectivity index (χ1) is 10.0. The molecule has 0 bridgehead atoms. The summed E-state index contributed by atoms with van der Waals surface area (Å²) in [5.74, 6) is 0.876. The number of allylic oxidation sites excluding steroid dienone is 1. The van der Waals surface area contributed by atoms with Gasteiger partial charge in [0.25, 0.3) is 0 Å². The minimum Gasteiger partial charge on any atom is -0.382 e. The smallest absolute Gasteiger partial charge is 0.0468 e. The zero-order valence-electron chi connectivity index (χ0n) is 14.1. The average Bonchev–Trinajstić information content (AvgIpc) is 2.48. The van der Waals surface area contributed by atoms with E-state index < -0.39 is 0 Å². The zero-order valence-corrected chi connectivity index (χ0v) is 14.1. The van der Waals surface area contributed by atoms with Crippen LogP contribution in [-0.2, 0) is 0 Å². The van der Waals surface area contributed by atoms with Gasteiger partial charge < -0.3 is 10.6 Å². The topological polar surface area (TPSA) is 24.1 Å². The summed E-state index contributed by atoms with van der Waals surface area (Å²) in [6.07, 6.45) is 10.7. The largest absolute Gasteiger partial charge is 0.382 e. The number of piperidine rings is 1.